The van der Waals surface area contributed by atoms with Crippen molar-refractivity contribution in [1.82, 2.24) is 10.2 Å². The van der Waals surface area contributed by atoms with E-state index in [9.17, 15) is 9.59 Å². The fourth-order valence-corrected chi connectivity index (χ4v) is 1.88. The SMILES string of the molecule is CCC[C@H](NC(=O)N(C)C(C)C1CC1)C(=O)O. The van der Waals surface area contributed by atoms with Crippen LogP contribution in [0.5, 0.6) is 0 Å². The molecule has 98 valence electrons. The third-order valence-electron chi connectivity index (χ3n) is 3.41. The van der Waals surface area contributed by atoms with Crippen LogP contribution in [0.3, 0.4) is 0 Å². The zero-order valence-corrected chi connectivity index (χ0v) is 10.8. The molecule has 0 aromatic rings. The number of hydrogen-bond donors (Lipinski definition) is 2. The zero-order valence-electron chi connectivity index (χ0n) is 10.8. The standard InChI is InChI=1S/C12H22N2O3/c1-4-5-10(11(15)16)13-12(17)14(3)8(2)9-6-7-9/h8-10H,4-7H2,1-3H3,(H,13,17)(H,15,16)/t8?,10-/m0/s1. The second kappa shape index (κ2) is 5.89. The topological polar surface area (TPSA) is 69.6 Å². The van der Waals surface area contributed by atoms with Gasteiger partial charge in [0.05, 0.1) is 0 Å². The van der Waals surface area contributed by atoms with Gasteiger partial charge in [-0.05, 0) is 32.1 Å². The number of carbonyl (C=O) groups excluding carboxylic acids is 1. The van der Waals surface area contributed by atoms with Crippen molar-refractivity contribution in [1.29, 1.82) is 0 Å². The van der Waals surface area contributed by atoms with Gasteiger partial charge < -0.3 is 15.3 Å². The summed E-state index contributed by atoms with van der Waals surface area (Å²) in [5, 5.41) is 11.5. The van der Waals surface area contributed by atoms with Gasteiger partial charge in [0.15, 0.2) is 0 Å². The Balaban J connectivity index is 2.47. The monoisotopic (exact) mass is 242 g/mol. The van der Waals surface area contributed by atoms with E-state index in [1.807, 2.05) is 13.8 Å². The Bertz CT molecular complexity index is 289. The molecule has 1 unspecified atom stereocenters. The Kier molecular flexibility index (Phi) is 4.78. The summed E-state index contributed by atoms with van der Waals surface area (Å²) >= 11 is 0. The lowest BCUT2D eigenvalue weighted by Gasteiger charge is -2.26. The van der Waals surface area contributed by atoms with Gasteiger partial charge in [-0.3, -0.25) is 0 Å². The first kappa shape index (κ1) is 13.8. The van der Waals surface area contributed by atoms with Gasteiger partial charge in [-0.1, -0.05) is 13.3 Å². The van der Waals surface area contributed by atoms with Gasteiger partial charge >= 0.3 is 12.0 Å². The normalized spacial score (nSPS) is 18.3. The summed E-state index contributed by atoms with van der Waals surface area (Å²) in [6, 6.07) is -0.877. The first-order valence-corrected chi connectivity index (χ1v) is 6.23. The molecule has 1 aliphatic carbocycles. The highest BCUT2D eigenvalue weighted by Gasteiger charge is 2.33. The predicted molar refractivity (Wildman–Crippen MR) is 64.8 cm³/mol. The molecule has 0 bridgehead atoms. The number of aliphatic carboxylic acids is 1. The van der Waals surface area contributed by atoms with E-state index in [0.717, 1.165) is 19.3 Å². The molecule has 1 rings (SSSR count). The molecular formula is C12H22N2O3. The van der Waals surface area contributed by atoms with E-state index in [-0.39, 0.29) is 12.1 Å². The van der Waals surface area contributed by atoms with E-state index in [1.165, 1.54) is 0 Å². The number of nitrogens with zero attached hydrogens (tertiary/aromatic N) is 1. The third kappa shape index (κ3) is 3.91. The number of nitrogens with one attached hydrogen (secondary N) is 1. The van der Waals surface area contributed by atoms with Crippen LogP contribution in [0.2, 0.25) is 0 Å². The molecule has 0 aromatic heterocycles. The quantitative estimate of drug-likeness (QED) is 0.744. The minimum Gasteiger partial charge on any atom is -0.480 e. The predicted octanol–water partition coefficient (Wildman–Crippen LogP) is 1.68. The maximum atomic E-state index is 11.9. The number of amides is 2. The Morgan fingerprint density at radius 3 is 2.47 bits per heavy atom. The van der Waals surface area contributed by atoms with Crippen LogP contribution in [0, 0.1) is 5.92 Å². The van der Waals surface area contributed by atoms with Crippen LogP contribution in [0.4, 0.5) is 4.79 Å². The van der Waals surface area contributed by atoms with Gasteiger partial charge in [-0.25, -0.2) is 9.59 Å². The molecule has 0 aromatic carbocycles. The molecule has 5 nitrogen and oxygen atoms in total. The van der Waals surface area contributed by atoms with Crippen molar-refractivity contribution in [2.24, 2.45) is 5.92 Å². The molecule has 2 amide bonds. The summed E-state index contributed by atoms with van der Waals surface area (Å²) in [6.45, 7) is 3.91. The summed E-state index contributed by atoms with van der Waals surface area (Å²) in [7, 11) is 1.73. The van der Waals surface area contributed by atoms with Crippen LogP contribution < -0.4 is 5.32 Å². The van der Waals surface area contributed by atoms with Crippen LogP contribution in [-0.4, -0.2) is 41.1 Å². The molecule has 0 radical (unpaired) electrons. The van der Waals surface area contributed by atoms with Crippen molar-refractivity contribution >= 4 is 12.0 Å². The van der Waals surface area contributed by atoms with Gasteiger partial charge in [0.1, 0.15) is 6.04 Å². The lowest BCUT2D eigenvalue weighted by atomic mass is 10.1. The molecule has 1 fully saturated rings. The molecule has 2 atom stereocenters. The fourth-order valence-electron chi connectivity index (χ4n) is 1.88. The van der Waals surface area contributed by atoms with Crippen molar-refractivity contribution in [2.45, 2.75) is 51.6 Å². The van der Waals surface area contributed by atoms with Crippen LogP contribution in [0.15, 0.2) is 0 Å². The highest BCUT2D eigenvalue weighted by atomic mass is 16.4. The van der Waals surface area contributed by atoms with E-state index in [2.05, 4.69) is 5.32 Å². The Labute approximate surface area is 102 Å². The van der Waals surface area contributed by atoms with Crippen LogP contribution in [0.1, 0.15) is 39.5 Å². The van der Waals surface area contributed by atoms with Crippen molar-refractivity contribution < 1.29 is 14.7 Å². The number of carboxylic acid groups (broad SMARTS) is 1. The molecule has 17 heavy (non-hydrogen) atoms. The van der Waals surface area contributed by atoms with Crippen molar-refractivity contribution in [2.75, 3.05) is 7.05 Å². The number of carboxylic acids is 1. The van der Waals surface area contributed by atoms with Crippen molar-refractivity contribution in [3.05, 3.63) is 0 Å². The summed E-state index contributed by atoms with van der Waals surface area (Å²) in [6.07, 6.45) is 3.53. The molecule has 0 spiro atoms. The van der Waals surface area contributed by atoms with E-state index in [1.54, 1.807) is 11.9 Å². The van der Waals surface area contributed by atoms with Crippen LogP contribution in [-0.2, 0) is 4.79 Å². The molecule has 0 heterocycles. The first-order valence-electron chi connectivity index (χ1n) is 6.23. The van der Waals surface area contributed by atoms with Gasteiger partial charge in [0.25, 0.3) is 0 Å². The summed E-state index contributed by atoms with van der Waals surface area (Å²) in [5.41, 5.74) is 0. The second-order valence-electron chi connectivity index (χ2n) is 4.82. The fraction of sp³-hybridized carbons (Fsp3) is 0.833. The molecule has 1 saturated carbocycles. The average molecular weight is 242 g/mol. The second-order valence-corrected chi connectivity index (χ2v) is 4.82. The largest absolute Gasteiger partial charge is 0.480 e. The number of hydrogen-bond acceptors (Lipinski definition) is 2. The third-order valence-corrected chi connectivity index (χ3v) is 3.41. The number of carbonyl (C=O) groups is 2. The zero-order chi connectivity index (χ0) is 13.0. The Hall–Kier alpha value is -1.26. The van der Waals surface area contributed by atoms with Gasteiger partial charge in [0.2, 0.25) is 0 Å². The van der Waals surface area contributed by atoms with E-state index in [4.69, 9.17) is 5.11 Å². The van der Waals surface area contributed by atoms with Gasteiger partial charge in [-0.2, -0.15) is 0 Å². The minimum absolute atomic E-state index is 0.186. The molecular weight excluding hydrogens is 220 g/mol. The minimum atomic E-state index is -0.965. The van der Waals surface area contributed by atoms with Gasteiger partial charge in [-0.15, -0.1) is 0 Å². The van der Waals surface area contributed by atoms with E-state index < -0.39 is 12.0 Å². The van der Waals surface area contributed by atoms with Crippen molar-refractivity contribution in [3.63, 3.8) is 0 Å². The first-order chi connectivity index (χ1) is 7.97. The molecule has 0 aliphatic heterocycles. The highest BCUT2D eigenvalue weighted by molar-refractivity contribution is 5.82. The Morgan fingerprint density at radius 1 is 1.47 bits per heavy atom. The summed E-state index contributed by atoms with van der Waals surface area (Å²) in [4.78, 5) is 24.4. The van der Waals surface area contributed by atoms with Crippen molar-refractivity contribution in [3.8, 4) is 0 Å². The molecule has 5 heteroatoms. The highest BCUT2D eigenvalue weighted by Crippen LogP contribution is 2.34. The van der Waals surface area contributed by atoms with Gasteiger partial charge in [0, 0.05) is 13.1 Å². The molecule has 0 saturated heterocycles. The van der Waals surface area contributed by atoms with Crippen LogP contribution >= 0.6 is 0 Å². The average Bonchev–Trinajstić information content (AvgIpc) is 3.09. The van der Waals surface area contributed by atoms with E-state index in [0.29, 0.717) is 12.3 Å². The summed E-state index contributed by atoms with van der Waals surface area (Å²) < 4.78 is 0. The van der Waals surface area contributed by atoms with Crippen LogP contribution in [0.25, 0.3) is 0 Å². The Morgan fingerprint density at radius 2 is 2.06 bits per heavy atom. The number of rotatable bonds is 6. The lowest BCUT2D eigenvalue weighted by molar-refractivity contribution is -0.139. The maximum absolute atomic E-state index is 11.9. The molecule has 1 aliphatic rings. The smallest absolute Gasteiger partial charge is 0.326 e. The molecule has 2 N–H and O–H groups in total. The number of urea groups is 1. The van der Waals surface area contributed by atoms with E-state index >= 15 is 0 Å². The lowest BCUT2D eigenvalue weighted by Crippen LogP contribution is -2.49. The maximum Gasteiger partial charge on any atom is 0.326 e. The summed E-state index contributed by atoms with van der Waals surface area (Å²) in [5.74, 6) is -0.382.